The summed E-state index contributed by atoms with van der Waals surface area (Å²) in [6.07, 6.45) is 3.05. The lowest BCUT2D eigenvalue weighted by molar-refractivity contribution is -0.145. The summed E-state index contributed by atoms with van der Waals surface area (Å²) in [7, 11) is 0. The molecule has 0 aliphatic heterocycles. The van der Waals surface area contributed by atoms with Gasteiger partial charge in [0.1, 0.15) is 5.58 Å². The molecule has 2 aromatic rings. The van der Waals surface area contributed by atoms with E-state index in [1.54, 1.807) is 6.07 Å². The molecule has 2 N–H and O–H groups in total. The van der Waals surface area contributed by atoms with Gasteiger partial charge in [0.25, 0.3) is 5.91 Å². The van der Waals surface area contributed by atoms with Gasteiger partial charge in [0.05, 0.1) is 11.5 Å². The average Bonchev–Trinajstić information content (AvgIpc) is 2.90. The summed E-state index contributed by atoms with van der Waals surface area (Å²) in [6, 6.07) is 7.43. The molecule has 122 valence electrons. The first kappa shape index (κ1) is 15.6. The van der Waals surface area contributed by atoms with E-state index in [0.717, 1.165) is 23.8 Å². The first-order valence-corrected chi connectivity index (χ1v) is 7.94. The fourth-order valence-electron chi connectivity index (χ4n) is 3.47. The Morgan fingerprint density at radius 2 is 2.09 bits per heavy atom. The van der Waals surface area contributed by atoms with E-state index in [0.29, 0.717) is 18.4 Å². The summed E-state index contributed by atoms with van der Waals surface area (Å²) >= 11 is 0. The van der Waals surface area contributed by atoms with Crippen molar-refractivity contribution in [3.8, 4) is 0 Å². The Bertz CT molecular complexity index is 763. The number of nitrogens with one attached hydrogen (secondary N) is 1. The highest BCUT2D eigenvalue weighted by Gasteiger charge is 2.42. The minimum absolute atomic E-state index is 0.224. The largest absolute Gasteiger partial charge is 0.481 e. The molecule has 2 unspecified atom stereocenters. The van der Waals surface area contributed by atoms with Crippen LogP contribution < -0.4 is 5.32 Å². The molecule has 1 aliphatic carbocycles. The maximum atomic E-state index is 12.5. The molecule has 1 amide bonds. The summed E-state index contributed by atoms with van der Waals surface area (Å²) in [5.74, 6) is -1.55. The zero-order valence-corrected chi connectivity index (χ0v) is 13.4. The Labute approximate surface area is 134 Å². The van der Waals surface area contributed by atoms with Crippen LogP contribution in [0, 0.1) is 12.8 Å². The minimum Gasteiger partial charge on any atom is -0.481 e. The quantitative estimate of drug-likeness (QED) is 0.908. The van der Waals surface area contributed by atoms with E-state index in [4.69, 9.17) is 4.42 Å². The molecule has 3 rings (SSSR count). The van der Waals surface area contributed by atoms with Crippen LogP contribution in [0.3, 0.4) is 0 Å². The zero-order valence-electron chi connectivity index (χ0n) is 13.4. The SMILES string of the molecule is Cc1ccc2oc(C(=O)NC3(C)CCCCC3C(=O)O)cc2c1. The van der Waals surface area contributed by atoms with Crippen LogP contribution in [-0.2, 0) is 4.79 Å². The van der Waals surface area contributed by atoms with Gasteiger partial charge in [0.2, 0.25) is 0 Å². The van der Waals surface area contributed by atoms with E-state index < -0.39 is 17.4 Å². The van der Waals surface area contributed by atoms with E-state index in [-0.39, 0.29) is 11.7 Å². The van der Waals surface area contributed by atoms with Crippen molar-refractivity contribution >= 4 is 22.8 Å². The van der Waals surface area contributed by atoms with E-state index in [1.165, 1.54) is 0 Å². The molecule has 0 radical (unpaired) electrons. The topological polar surface area (TPSA) is 79.5 Å². The molecule has 1 saturated carbocycles. The van der Waals surface area contributed by atoms with Gasteiger partial charge >= 0.3 is 5.97 Å². The Balaban J connectivity index is 1.85. The number of rotatable bonds is 3. The van der Waals surface area contributed by atoms with Crippen LogP contribution in [-0.4, -0.2) is 22.5 Å². The number of carbonyl (C=O) groups is 2. The molecule has 2 atom stereocenters. The van der Waals surface area contributed by atoms with Gasteiger partial charge in [0.15, 0.2) is 5.76 Å². The Morgan fingerprint density at radius 1 is 1.30 bits per heavy atom. The lowest BCUT2D eigenvalue weighted by atomic mass is 9.74. The Morgan fingerprint density at radius 3 is 2.83 bits per heavy atom. The first-order chi connectivity index (χ1) is 10.9. The Kier molecular flexibility index (Phi) is 3.88. The molecule has 1 aromatic carbocycles. The van der Waals surface area contributed by atoms with Gasteiger partial charge in [0, 0.05) is 5.39 Å². The highest BCUT2D eigenvalue weighted by molar-refractivity contribution is 5.96. The molecule has 0 saturated heterocycles. The predicted octanol–water partition coefficient (Wildman–Crippen LogP) is 3.50. The van der Waals surface area contributed by atoms with Gasteiger partial charge in [-0.15, -0.1) is 0 Å². The third kappa shape index (κ3) is 2.96. The van der Waals surface area contributed by atoms with Gasteiger partial charge in [-0.3, -0.25) is 9.59 Å². The minimum atomic E-state index is -0.854. The number of benzene rings is 1. The van der Waals surface area contributed by atoms with Crippen LogP contribution in [0.5, 0.6) is 0 Å². The average molecular weight is 315 g/mol. The first-order valence-electron chi connectivity index (χ1n) is 7.94. The van der Waals surface area contributed by atoms with E-state index in [2.05, 4.69) is 5.32 Å². The fraction of sp³-hybridized carbons (Fsp3) is 0.444. The summed E-state index contributed by atoms with van der Waals surface area (Å²) in [5, 5.41) is 13.2. The zero-order chi connectivity index (χ0) is 16.6. The van der Waals surface area contributed by atoms with Crippen LogP contribution in [0.4, 0.5) is 0 Å². The van der Waals surface area contributed by atoms with Crippen molar-refractivity contribution in [3.05, 3.63) is 35.6 Å². The van der Waals surface area contributed by atoms with Crippen LogP contribution in [0.25, 0.3) is 11.0 Å². The van der Waals surface area contributed by atoms with Crippen molar-refractivity contribution < 1.29 is 19.1 Å². The fourth-order valence-corrected chi connectivity index (χ4v) is 3.47. The summed E-state index contributed by atoms with van der Waals surface area (Å²) < 4.78 is 5.61. The third-order valence-electron chi connectivity index (χ3n) is 4.80. The van der Waals surface area contributed by atoms with Crippen LogP contribution in [0.2, 0.25) is 0 Å². The summed E-state index contributed by atoms with van der Waals surface area (Å²) in [5.41, 5.74) is 1.01. The molecule has 1 heterocycles. The number of fused-ring (bicyclic) bond motifs is 1. The number of furan rings is 1. The number of aliphatic carboxylic acids is 1. The summed E-state index contributed by atoms with van der Waals surface area (Å²) in [6.45, 7) is 3.79. The standard InChI is InChI=1S/C18H21NO4/c1-11-6-7-14-12(9-11)10-15(23-14)16(20)19-18(2)8-4-3-5-13(18)17(21)22/h6-7,9-10,13H,3-5,8H2,1-2H3,(H,19,20)(H,21,22). The molecule has 5 heteroatoms. The number of carbonyl (C=O) groups excluding carboxylic acids is 1. The number of aryl methyl sites for hydroxylation is 1. The molecule has 23 heavy (non-hydrogen) atoms. The molecule has 1 aromatic heterocycles. The van der Waals surface area contributed by atoms with Crippen LogP contribution >= 0.6 is 0 Å². The van der Waals surface area contributed by atoms with Gasteiger partial charge in [-0.2, -0.15) is 0 Å². The van der Waals surface area contributed by atoms with Crippen molar-refractivity contribution in [2.24, 2.45) is 5.92 Å². The Hall–Kier alpha value is -2.30. The van der Waals surface area contributed by atoms with Crippen molar-refractivity contribution in [2.75, 3.05) is 0 Å². The highest BCUT2D eigenvalue weighted by Crippen LogP contribution is 2.34. The van der Waals surface area contributed by atoms with E-state index >= 15 is 0 Å². The maximum Gasteiger partial charge on any atom is 0.308 e. The molecule has 0 bridgehead atoms. The molecule has 5 nitrogen and oxygen atoms in total. The van der Waals surface area contributed by atoms with E-state index in [1.807, 2.05) is 32.0 Å². The number of carboxylic acids is 1. The molecule has 1 aliphatic rings. The summed E-state index contributed by atoms with van der Waals surface area (Å²) in [4.78, 5) is 24.0. The van der Waals surface area contributed by atoms with Crippen molar-refractivity contribution in [1.82, 2.24) is 5.32 Å². The second kappa shape index (κ2) is 5.72. The normalized spacial score (nSPS) is 24.5. The maximum absolute atomic E-state index is 12.5. The number of hydrogen-bond acceptors (Lipinski definition) is 3. The number of hydrogen-bond donors (Lipinski definition) is 2. The third-order valence-corrected chi connectivity index (χ3v) is 4.80. The monoisotopic (exact) mass is 315 g/mol. The molecule has 0 spiro atoms. The molecular weight excluding hydrogens is 294 g/mol. The number of carboxylic acid groups (broad SMARTS) is 1. The van der Waals surface area contributed by atoms with E-state index in [9.17, 15) is 14.7 Å². The second-order valence-corrected chi connectivity index (χ2v) is 6.66. The molecular formula is C18H21NO4. The highest BCUT2D eigenvalue weighted by atomic mass is 16.4. The lowest BCUT2D eigenvalue weighted by Crippen LogP contribution is -2.55. The van der Waals surface area contributed by atoms with Crippen LogP contribution in [0.15, 0.2) is 28.7 Å². The van der Waals surface area contributed by atoms with Crippen molar-refractivity contribution in [2.45, 2.75) is 45.1 Å². The van der Waals surface area contributed by atoms with Crippen LogP contribution in [0.1, 0.15) is 48.7 Å². The predicted molar refractivity (Wildman–Crippen MR) is 86.4 cm³/mol. The second-order valence-electron chi connectivity index (χ2n) is 6.66. The smallest absolute Gasteiger partial charge is 0.308 e. The molecule has 1 fully saturated rings. The van der Waals surface area contributed by atoms with Crippen molar-refractivity contribution in [1.29, 1.82) is 0 Å². The van der Waals surface area contributed by atoms with Gasteiger partial charge in [-0.05, 0) is 44.9 Å². The lowest BCUT2D eigenvalue weighted by Gasteiger charge is -2.39. The van der Waals surface area contributed by atoms with Gasteiger partial charge in [-0.25, -0.2) is 0 Å². The van der Waals surface area contributed by atoms with Gasteiger partial charge in [-0.1, -0.05) is 24.5 Å². The van der Waals surface area contributed by atoms with Crippen molar-refractivity contribution in [3.63, 3.8) is 0 Å². The number of amides is 1. The van der Waals surface area contributed by atoms with Gasteiger partial charge < -0.3 is 14.8 Å².